The Bertz CT molecular complexity index is 3090. The first-order chi connectivity index (χ1) is 24.8. The van der Waals surface area contributed by atoms with Crippen molar-refractivity contribution >= 4 is 60.1 Å². The Hall–Kier alpha value is -6.85. The summed E-state index contributed by atoms with van der Waals surface area (Å²) in [6, 6.07) is 54.8. The van der Waals surface area contributed by atoms with Crippen molar-refractivity contribution in [2.45, 2.75) is 0 Å². The second kappa shape index (κ2) is 10.3. The quantitative estimate of drug-likeness (QED) is 0.192. The summed E-state index contributed by atoms with van der Waals surface area (Å²) < 4.78 is 9.04. The van der Waals surface area contributed by atoms with E-state index in [9.17, 15) is 0 Å². The van der Waals surface area contributed by atoms with Crippen molar-refractivity contribution in [3.63, 3.8) is 0 Å². The first-order valence-electron chi connectivity index (χ1n) is 16.8. The molecule has 0 spiro atoms. The SMILES string of the molecule is c1ccc(-c2cccc(-c3nc(-c4ccc5c(c4)c4c6oc(-c7ccccc7)nc6cc6c7ccccc7n5c64)c4ccccc4n3)c2)cc1. The standard InChI is InChI=1S/C45H26N4O/c1-3-12-27(13-4-1)29-16-11-17-31(24-29)44-46-36-20-9-7-19-33(36)41(48-44)30-22-23-39-35(25-30)40-42-34(32-18-8-10-21-38(32)49(39)42)26-37-43(40)50-45(47-37)28-14-5-2-6-15-28/h1-26H. The molecule has 0 radical (unpaired) electrons. The number of rotatable bonds is 4. The molecule has 0 N–H and O–H groups in total. The van der Waals surface area contributed by atoms with Crippen LogP contribution in [0.3, 0.4) is 0 Å². The minimum absolute atomic E-state index is 0.620. The molecule has 7 aromatic carbocycles. The topological polar surface area (TPSA) is 56.2 Å². The van der Waals surface area contributed by atoms with Crippen LogP contribution in [0.15, 0.2) is 162 Å². The third-order valence-corrected chi connectivity index (χ3v) is 9.94. The fourth-order valence-electron chi connectivity index (χ4n) is 7.69. The molecule has 11 aromatic rings. The van der Waals surface area contributed by atoms with Crippen LogP contribution in [-0.2, 0) is 0 Å². The van der Waals surface area contributed by atoms with Gasteiger partial charge >= 0.3 is 0 Å². The molecule has 0 aliphatic rings. The van der Waals surface area contributed by atoms with E-state index in [1.807, 2.05) is 42.5 Å². The number of benzene rings is 7. The molecule has 0 saturated heterocycles. The predicted molar refractivity (Wildman–Crippen MR) is 204 cm³/mol. The number of para-hydroxylation sites is 2. The first-order valence-corrected chi connectivity index (χ1v) is 16.8. The fraction of sp³-hybridized carbons (Fsp3) is 0. The van der Waals surface area contributed by atoms with Crippen LogP contribution < -0.4 is 0 Å². The summed E-state index contributed by atoms with van der Waals surface area (Å²) in [5.41, 5.74) is 12.1. The van der Waals surface area contributed by atoms with Crippen molar-refractivity contribution in [3.05, 3.63) is 158 Å². The molecule has 50 heavy (non-hydrogen) atoms. The predicted octanol–water partition coefficient (Wildman–Crippen LogP) is 11.6. The first kappa shape index (κ1) is 27.1. The summed E-state index contributed by atoms with van der Waals surface area (Å²) in [6.45, 7) is 0. The van der Waals surface area contributed by atoms with E-state index >= 15 is 0 Å². The summed E-state index contributed by atoms with van der Waals surface area (Å²) in [6.07, 6.45) is 0. The minimum Gasteiger partial charge on any atom is -0.435 e. The van der Waals surface area contributed by atoms with E-state index in [2.05, 4.69) is 120 Å². The molecule has 0 fully saturated rings. The molecule has 5 heteroatoms. The van der Waals surface area contributed by atoms with Crippen molar-refractivity contribution in [1.29, 1.82) is 0 Å². The van der Waals surface area contributed by atoms with Gasteiger partial charge in [0.25, 0.3) is 0 Å². The molecule has 0 bridgehead atoms. The molecule has 0 amide bonds. The maximum absolute atomic E-state index is 6.66. The van der Waals surface area contributed by atoms with Crippen LogP contribution in [0.2, 0.25) is 0 Å². The lowest BCUT2D eigenvalue weighted by atomic mass is 10.0. The highest BCUT2D eigenvalue weighted by Gasteiger charge is 2.24. The average Bonchev–Trinajstić information content (AvgIpc) is 3.87. The second-order valence-electron chi connectivity index (χ2n) is 12.8. The molecule has 4 heterocycles. The number of nitrogens with zero attached hydrogens (tertiary/aromatic N) is 4. The van der Waals surface area contributed by atoms with Gasteiger partial charge in [-0.2, -0.15) is 0 Å². The number of hydrogen-bond donors (Lipinski definition) is 0. The van der Waals surface area contributed by atoms with Gasteiger partial charge in [0.2, 0.25) is 5.89 Å². The number of fused-ring (bicyclic) bond motifs is 9. The van der Waals surface area contributed by atoms with Crippen LogP contribution in [0.4, 0.5) is 0 Å². The van der Waals surface area contributed by atoms with E-state index in [-0.39, 0.29) is 0 Å². The van der Waals surface area contributed by atoms with E-state index in [1.165, 1.54) is 16.3 Å². The van der Waals surface area contributed by atoms with E-state index in [1.54, 1.807) is 0 Å². The highest BCUT2D eigenvalue weighted by Crippen LogP contribution is 2.45. The van der Waals surface area contributed by atoms with Gasteiger partial charge in [0.05, 0.1) is 33.1 Å². The minimum atomic E-state index is 0.620. The fourth-order valence-corrected chi connectivity index (χ4v) is 7.69. The van der Waals surface area contributed by atoms with Crippen LogP contribution in [0.1, 0.15) is 0 Å². The molecule has 0 atom stereocenters. The highest BCUT2D eigenvalue weighted by atomic mass is 16.3. The van der Waals surface area contributed by atoms with Gasteiger partial charge in [-0.05, 0) is 59.7 Å². The maximum Gasteiger partial charge on any atom is 0.227 e. The van der Waals surface area contributed by atoms with Gasteiger partial charge in [0.1, 0.15) is 5.52 Å². The highest BCUT2D eigenvalue weighted by molar-refractivity contribution is 6.30. The van der Waals surface area contributed by atoms with Gasteiger partial charge in [-0.15, -0.1) is 0 Å². The van der Waals surface area contributed by atoms with Gasteiger partial charge in [0, 0.05) is 38.2 Å². The van der Waals surface area contributed by atoms with Crippen molar-refractivity contribution in [2.24, 2.45) is 0 Å². The molecule has 4 aromatic heterocycles. The summed E-state index contributed by atoms with van der Waals surface area (Å²) >= 11 is 0. The molecule has 5 nitrogen and oxygen atoms in total. The summed E-state index contributed by atoms with van der Waals surface area (Å²) in [5.74, 6) is 1.32. The largest absolute Gasteiger partial charge is 0.435 e. The zero-order valence-corrected chi connectivity index (χ0v) is 26.7. The van der Waals surface area contributed by atoms with Crippen LogP contribution in [-0.4, -0.2) is 19.4 Å². The van der Waals surface area contributed by atoms with Crippen molar-refractivity contribution in [3.8, 4) is 45.2 Å². The lowest BCUT2D eigenvalue weighted by Gasteiger charge is -2.11. The van der Waals surface area contributed by atoms with Gasteiger partial charge in [-0.1, -0.05) is 109 Å². The molecule has 232 valence electrons. The van der Waals surface area contributed by atoms with E-state index < -0.39 is 0 Å². The lowest BCUT2D eigenvalue weighted by Crippen LogP contribution is -1.95. The number of hydrogen-bond acceptors (Lipinski definition) is 4. The third-order valence-electron chi connectivity index (χ3n) is 9.94. The zero-order valence-electron chi connectivity index (χ0n) is 26.7. The van der Waals surface area contributed by atoms with Crippen molar-refractivity contribution in [1.82, 2.24) is 19.4 Å². The molecular weight excluding hydrogens is 613 g/mol. The van der Waals surface area contributed by atoms with Crippen LogP contribution in [0, 0.1) is 0 Å². The van der Waals surface area contributed by atoms with Crippen molar-refractivity contribution in [2.75, 3.05) is 0 Å². The Kier molecular flexibility index (Phi) is 5.60. The van der Waals surface area contributed by atoms with Crippen molar-refractivity contribution < 1.29 is 4.42 Å². The van der Waals surface area contributed by atoms with Gasteiger partial charge in [-0.25, -0.2) is 15.0 Å². The summed E-state index contributed by atoms with van der Waals surface area (Å²) in [7, 11) is 0. The zero-order chi connectivity index (χ0) is 32.8. The summed E-state index contributed by atoms with van der Waals surface area (Å²) in [5, 5.41) is 5.54. The number of oxazole rings is 1. The average molecular weight is 639 g/mol. The normalized spacial score (nSPS) is 12.0. The Morgan fingerprint density at radius 1 is 0.420 bits per heavy atom. The molecule has 11 rings (SSSR count). The molecule has 0 unspecified atom stereocenters. The van der Waals surface area contributed by atoms with Gasteiger partial charge < -0.3 is 8.82 Å². The Labute approximate surface area is 286 Å². The maximum atomic E-state index is 6.66. The smallest absolute Gasteiger partial charge is 0.227 e. The lowest BCUT2D eigenvalue weighted by molar-refractivity contribution is 0.623. The van der Waals surface area contributed by atoms with Crippen LogP contribution in [0.5, 0.6) is 0 Å². The summed E-state index contributed by atoms with van der Waals surface area (Å²) in [4.78, 5) is 15.4. The molecular formula is C45H26N4O. The van der Waals surface area contributed by atoms with Gasteiger partial charge in [-0.3, -0.25) is 0 Å². The van der Waals surface area contributed by atoms with Crippen LogP contribution >= 0.6 is 0 Å². The molecule has 0 aliphatic carbocycles. The monoisotopic (exact) mass is 638 g/mol. The Morgan fingerprint density at radius 3 is 1.98 bits per heavy atom. The molecule has 0 aliphatic heterocycles. The van der Waals surface area contributed by atoms with Crippen LogP contribution in [0.25, 0.3) is 105 Å². The number of aromatic nitrogens is 4. The second-order valence-corrected chi connectivity index (χ2v) is 12.8. The van der Waals surface area contributed by atoms with E-state index in [4.69, 9.17) is 19.4 Å². The Morgan fingerprint density at radius 2 is 1.12 bits per heavy atom. The molecule has 0 saturated carbocycles. The van der Waals surface area contributed by atoms with E-state index in [0.717, 1.165) is 77.3 Å². The van der Waals surface area contributed by atoms with Gasteiger partial charge in [0.15, 0.2) is 11.4 Å². The third kappa shape index (κ3) is 3.92. The van der Waals surface area contributed by atoms with E-state index in [0.29, 0.717) is 11.7 Å². The Balaban J connectivity index is 1.19.